The summed E-state index contributed by atoms with van der Waals surface area (Å²) < 4.78 is 9.97. The maximum atomic E-state index is 11.5. The third-order valence-corrected chi connectivity index (χ3v) is 2.90. The van der Waals surface area contributed by atoms with Crippen LogP contribution in [0.25, 0.3) is 0 Å². The molecule has 1 aliphatic carbocycles. The Hall–Kier alpha value is -1.39. The fourth-order valence-electron chi connectivity index (χ4n) is 2.05. The molecule has 1 rings (SSSR count). The highest BCUT2D eigenvalue weighted by atomic mass is 16.5. The SMILES string of the molecule is CC(=O)OCC1(COC(C)=O)CCCC(=O)C1. The van der Waals surface area contributed by atoms with E-state index < -0.39 is 5.41 Å². The zero-order valence-corrected chi connectivity index (χ0v) is 10.3. The average molecular weight is 242 g/mol. The maximum Gasteiger partial charge on any atom is 0.302 e. The number of Topliss-reactive ketones (excluding diaryl/α,β-unsaturated/α-hetero) is 1. The average Bonchev–Trinajstić information content (AvgIpc) is 2.24. The number of rotatable bonds is 4. The van der Waals surface area contributed by atoms with Crippen molar-refractivity contribution < 1.29 is 23.9 Å². The summed E-state index contributed by atoms with van der Waals surface area (Å²) in [5.41, 5.74) is -0.521. The van der Waals surface area contributed by atoms with Gasteiger partial charge in [0.15, 0.2) is 0 Å². The van der Waals surface area contributed by atoms with Crippen LogP contribution in [-0.4, -0.2) is 30.9 Å². The molecule has 17 heavy (non-hydrogen) atoms. The molecule has 5 heteroatoms. The monoisotopic (exact) mass is 242 g/mol. The van der Waals surface area contributed by atoms with Crippen LogP contribution in [0.4, 0.5) is 0 Å². The molecule has 96 valence electrons. The lowest BCUT2D eigenvalue weighted by atomic mass is 9.74. The molecule has 0 saturated heterocycles. The van der Waals surface area contributed by atoms with Crippen molar-refractivity contribution in [3.63, 3.8) is 0 Å². The van der Waals surface area contributed by atoms with Gasteiger partial charge in [-0.2, -0.15) is 0 Å². The van der Waals surface area contributed by atoms with E-state index in [9.17, 15) is 14.4 Å². The Morgan fingerprint density at radius 3 is 2.12 bits per heavy atom. The van der Waals surface area contributed by atoms with Crippen molar-refractivity contribution in [3.8, 4) is 0 Å². The number of ether oxygens (including phenoxy) is 2. The van der Waals surface area contributed by atoms with E-state index in [-0.39, 0.29) is 30.9 Å². The van der Waals surface area contributed by atoms with Crippen LogP contribution in [0.2, 0.25) is 0 Å². The second-order valence-corrected chi connectivity index (χ2v) is 4.63. The molecular formula is C12H18O5. The van der Waals surface area contributed by atoms with Crippen LogP contribution in [0.15, 0.2) is 0 Å². The second kappa shape index (κ2) is 5.80. The van der Waals surface area contributed by atoms with E-state index in [4.69, 9.17) is 9.47 Å². The topological polar surface area (TPSA) is 69.7 Å². The van der Waals surface area contributed by atoms with Gasteiger partial charge >= 0.3 is 11.9 Å². The third-order valence-electron chi connectivity index (χ3n) is 2.90. The lowest BCUT2D eigenvalue weighted by molar-refractivity contribution is -0.155. The Labute approximate surface area is 100 Å². The molecule has 0 aromatic rings. The van der Waals surface area contributed by atoms with Gasteiger partial charge in [0, 0.05) is 32.1 Å². The Bertz CT molecular complexity index is 303. The Balaban J connectivity index is 2.64. The van der Waals surface area contributed by atoms with Gasteiger partial charge in [0.05, 0.1) is 0 Å². The van der Waals surface area contributed by atoms with Crippen molar-refractivity contribution in [2.24, 2.45) is 5.41 Å². The molecule has 0 atom stereocenters. The molecule has 1 aliphatic rings. The molecular weight excluding hydrogens is 224 g/mol. The number of carbonyl (C=O) groups excluding carboxylic acids is 3. The number of hydrogen-bond acceptors (Lipinski definition) is 5. The van der Waals surface area contributed by atoms with Crippen molar-refractivity contribution >= 4 is 17.7 Å². The van der Waals surface area contributed by atoms with Crippen LogP contribution in [0.3, 0.4) is 0 Å². The highest BCUT2D eigenvalue weighted by Crippen LogP contribution is 2.35. The van der Waals surface area contributed by atoms with Crippen molar-refractivity contribution in [1.29, 1.82) is 0 Å². The Morgan fingerprint density at radius 2 is 1.71 bits per heavy atom. The van der Waals surface area contributed by atoms with Crippen LogP contribution in [0.1, 0.15) is 39.5 Å². The lowest BCUT2D eigenvalue weighted by Gasteiger charge is -2.34. The normalized spacial score (nSPS) is 18.6. The largest absolute Gasteiger partial charge is 0.465 e. The quantitative estimate of drug-likeness (QED) is 0.694. The van der Waals surface area contributed by atoms with Crippen LogP contribution >= 0.6 is 0 Å². The van der Waals surface area contributed by atoms with Gasteiger partial charge in [-0.25, -0.2) is 0 Å². The smallest absolute Gasteiger partial charge is 0.302 e. The molecule has 0 heterocycles. The first-order valence-corrected chi connectivity index (χ1v) is 5.72. The molecule has 5 nitrogen and oxygen atoms in total. The van der Waals surface area contributed by atoms with Gasteiger partial charge in [-0.05, 0) is 12.8 Å². The number of carbonyl (C=O) groups is 3. The van der Waals surface area contributed by atoms with E-state index in [2.05, 4.69) is 0 Å². The van der Waals surface area contributed by atoms with E-state index in [0.717, 1.165) is 12.8 Å². The predicted octanol–water partition coefficient (Wildman–Crippen LogP) is 1.24. The number of esters is 2. The minimum Gasteiger partial charge on any atom is -0.465 e. The van der Waals surface area contributed by atoms with Gasteiger partial charge in [-0.1, -0.05) is 0 Å². The van der Waals surface area contributed by atoms with Gasteiger partial charge in [-0.15, -0.1) is 0 Å². The summed E-state index contributed by atoms with van der Waals surface area (Å²) in [7, 11) is 0. The van der Waals surface area contributed by atoms with Crippen molar-refractivity contribution in [3.05, 3.63) is 0 Å². The molecule has 0 N–H and O–H groups in total. The summed E-state index contributed by atoms with van der Waals surface area (Å²) >= 11 is 0. The Morgan fingerprint density at radius 1 is 1.18 bits per heavy atom. The van der Waals surface area contributed by atoms with Crippen LogP contribution < -0.4 is 0 Å². The van der Waals surface area contributed by atoms with Crippen LogP contribution in [-0.2, 0) is 23.9 Å². The molecule has 0 aromatic carbocycles. The molecule has 0 amide bonds. The standard InChI is InChI=1S/C12H18O5/c1-9(13)16-7-12(8-17-10(2)14)5-3-4-11(15)6-12/h3-8H2,1-2H3. The van der Waals surface area contributed by atoms with Crippen molar-refractivity contribution in [1.82, 2.24) is 0 Å². The number of ketones is 1. The summed E-state index contributed by atoms with van der Waals surface area (Å²) in [6, 6.07) is 0. The van der Waals surface area contributed by atoms with Crippen LogP contribution in [0.5, 0.6) is 0 Å². The van der Waals surface area contributed by atoms with Gasteiger partial charge in [-0.3, -0.25) is 14.4 Å². The summed E-state index contributed by atoms with van der Waals surface area (Å²) in [5, 5.41) is 0. The first-order chi connectivity index (χ1) is 7.93. The molecule has 0 bridgehead atoms. The van der Waals surface area contributed by atoms with Gasteiger partial charge in [0.1, 0.15) is 19.0 Å². The summed E-state index contributed by atoms with van der Waals surface area (Å²) in [5.74, 6) is -0.633. The number of hydrogen-bond donors (Lipinski definition) is 0. The summed E-state index contributed by atoms with van der Waals surface area (Å²) in [4.78, 5) is 33.2. The van der Waals surface area contributed by atoms with Crippen molar-refractivity contribution in [2.45, 2.75) is 39.5 Å². The fourth-order valence-corrected chi connectivity index (χ4v) is 2.05. The van der Waals surface area contributed by atoms with Gasteiger partial charge in [0.25, 0.3) is 0 Å². The van der Waals surface area contributed by atoms with E-state index in [0.29, 0.717) is 12.8 Å². The molecule has 0 aromatic heterocycles. The molecule has 1 fully saturated rings. The second-order valence-electron chi connectivity index (χ2n) is 4.63. The van der Waals surface area contributed by atoms with Crippen LogP contribution in [0, 0.1) is 5.41 Å². The zero-order valence-electron chi connectivity index (χ0n) is 10.3. The molecule has 1 saturated carbocycles. The molecule has 0 spiro atoms. The van der Waals surface area contributed by atoms with Gasteiger partial charge < -0.3 is 9.47 Å². The fraction of sp³-hybridized carbons (Fsp3) is 0.750. The van der Waals surface area contributed by atoms with Gasteiger partial charge in [0.2, 0.25) is 0 Å². The highest BCUT2D eigenvalue weighted by molar-refractivity contribution is 5.80. The zero-order chi connectivity index (χ0) is 12.9. The van der Waals surface area contributed by atoms with E-state index in [1.165, 1.54) is 13.8 Å². The minimum absolute atomic E-state index is 0.135. The first-order valence-electron chi connectivity index (χ1n) is 5.72. The van der Waals surface area contributed by atoms with E-state index in [1.54, 1.807) is 0 Å². The summed E-state index contributed by atoms with van der Waals surface area (Å²) in [6.07, 6.45) is 2.36. The van der Waals surface area contributed by atoms with E-state index >= 15 is 0 Å². The van der Waals surface area contributed by atoms with E-state index in [1.807, 2.05) is 0 Å². The molecule has 0 radical (unpaired) electrons. The minimum atomic E-state index is -0.521. The summed E-state index contributed by atoms with van der Waals surface area (Å²) in [6.45, 7) is 2.93. The lowest BCUT2D eigenvalue weighted by Crippen LogP contribution is -2.38. The Kier molecular flexibility index (Phi) is 4.66. The predicted molar refractivity (Wildman–Crippen MR) is 59.2 cm³/mol. The maximum absolute atomic E-state index is 11.5. The highest BCUT2D eigenvalue weighted by Gasteiger charge is 2.38. The molecule has 0 unspecified atom stereocenters. The first kappa shape index (κ1) is 13.7. The molecule has 0 aliphatic heterocycles. The van der Waals surface area contributed by atoms with Crippen molar-refractivity contribution in [2.75, 3.05) is 13.2 Å². The third kappa shape index (κ3) is 4.54.